The monoisotopic (exact) mass is 358 g/mol. The van der Waals surface area contributed by atoms with Crippen molar-refractivity contribution in [2.45, 2.75) is 39.2 Å². The molecule has 1 aliphatic heterocycles. The molecule has 134 valence electrons. The van der Waals surface area contributed by atoms with Gasteiger partial charge in [-0.05, 0) is 25.0 Å². The van der Waals surface area contributed by atoms with Crippen molar-refractivity contribution in [1.29, 1.82) is 0 Å². The molecule has 1 saturated heterocycles. The molecule has 0 saturated carbocycles. The van der Waals surface area contributed by atoms with Crippen molar-refractivity contribution in [1.82, 2.24) is 14.9 Å². The van der Waals surface area contributed by atoms with Crippen LogP contribution in [0.5, 0.6) is 0 Å². The summed E-state index contributed by atoms with van der Waals surface area (Å²) in [6.45, 7) is 6.59. The van der Waals surface area contributed by atoms with Gasteiger partial charge in [-0.3, -0.25) is 4.79 Å². The maximum absolute atomic E-state index is 12.9. The van der Waals surface area contributed by atoms with Crippen LogP contribution in [0.25, 0.3) is 0 Å². The second kappa shape index (κ2) is 7.95. The fourth-order valence-corrected chi connectivity index (χ4v) is 4.05. The van der Waals surface area contributed by atoms with Crippen LogP contribution >= 0.6 is 11.3 Å². The topological polar surface area (TPSA) is 49.3 Å². The molecule has 0 bridgehead atoms. The predicted octanol–water partition coefficient (Wildman–Crippen LogP) is 3.54. The first-order valence-corrected chi connectivity index (χ1v) is 9.78. The number of anilines is 1. The average molecular weight is 359 g/mol. The van der Waals surface area contributed by atoms with Crippen molar-refractivity contribution in [3.8, 4) is 0 Å². The molecule has 3 heterocycles. The van der Waals surface area contributed by atoms with E-state index in [0.717, 1.165) is 42.5 Å². The summed E-state index contributed by atoms with van der Waals surface area (Å²) in [6.07, 6.45) is 3.78. The Bertz CT molecular complexity index is 700. The first kappa shape index (κ1) is 17.9. The van der Waals surface area contributed by atoms with Crippen molar-refractivity contribution < 1.29 is 4.79 Å². The van der Waals surface area contributed by atoms with E-state index in [0.29, 0.717) is 12.5 Å². The molecule has 6 heteroatoms. The first-order chi connectivity index (χ1) is 12.0. The maximum Gasteiger partial charge on any atom is 0.227 e. The molecule has 25 heavy (non-hydrogen) atoms. The Morgan fingerprint density at radius 2 is 2.28 bits per heavy atom. The summed E-state index contributed by atoms with van der Waals surface area (Å²) in [5, 5.41) is 3.20. The van der Waals surface area contributed by atoms with E-state index in [9.17, 15) is 4.79 Å². The van der Waals surface area contributed by atoms with Gasteiger partial charge < -0.3 is 9.80 Å². The maximum atomic E-state index is 12.9. The van der Waals surface area contributed by atoms with Crippen LogP contribution < -0.4 is 4.90 Å². The molecule has 0 aromatic carbocycles. The van der Waals surface area contributed by atoms with Gasteiger partial charge in [0.1, 0.15) is 5.82 Å². The lowest BCUT2D eigenvalue weighted by atomic mass is 9.96. The highest BCUT2D eigenvalue weighted by Crippen LogP contribution is 2.24. The van der Waals surface area contributed by atoms with E-state index in [1.165, 1.54) is 0 Å². The smallest absolute Gasteiger partial charge is 0.227 e. The van der Waals surface area contributed by atoms with Gasteiger partial charge in [-0.15, -0.1) is 11.3 Å². The van der Waals surface area contributed by atoms with Gasteiger partial charge in [0.15, 0.2) is 0 Å². The van der Waals surface area contributed by atoms with Crippen LogP contribution in [0.3, 0.4) is 0 Å². The Kier molecular flexibility index (Phi) is 5.68. The molecule has 0 aliphatic carbocycles. The molecule has 1 fully saturated rings. The summed E-state index contributed by atoms with van der Waals surface area (Å²) in [4.78, 5) is 26.0. The Morgan fingerprint density at radius 3 is 2.96 bits per heavy atom. The minimum Gasteiger partial charge on any atom is -0.356 e. The lowest BCUT2D eigenvalue weighted by Crippen LogP contribution is -2.43. The number of carbonyl (C=O) groups excluding carboxylic acids is 1. The molecule has 1 unspecified atom stereocenters. The van der Waals surface area contributed by atoms with Gasteiger partial charge in [0.2, 0.25) is 5.91 Å². The van der Waals surface area contributed by atoms with E-state index in [4.69, 9.17) is 0 Å². The van der Waals surface area contributed by atoms with E-state index in [1.807, 2.05) is 30.1 Å². The third kappa shape index (κ3) is 4.37. The zero-order valence-electron chi connectivity index (χ0n) is 15.2. The normalized spacial score (nSPS) is 17.8. The Balaban J connectivity index is 1.61. The molecular formula is C19H26N4OS. The zero-order valence-corrected chi connectivity index (χ0v) is 16.0. The number of piperidine rings is 1. The number of pyridine rings is 1. The number of nitrogens with zero attached hydrogens (tertiary/aromatic N) is 4. The molecule has 1 atom stereocenters. The quantitative estimate of drug-likeness (QED) is 0.820. The van der Waals surface area contributed by atoms with Crippen LogP contribution in [0.4, 0.5) is 5.82 Å². The summed E-state index contributed by atoms with van der Waals surface area (Å²) >= 11 is 1.68. The number of amides is 1. The third-order valence-electron chi connectivity index (χ3n) is 4.58. The molecular weight excluding hydrogens is 332 g/mol. The molecule has 0 spiro atoms. The number of hydrogen-bond donors (Lipinski definition) is 0. The molecule has 2 aromatic rings. The molecule has 5 nitrogen and oxygen atoms in total. The van der Waals surface area contributed by atoms with Crippen LogP contribution in [-0.4, -0.2) is 40.9 Å². The minimum absolute atomic E-state index is 0.0314. The summed E-state index contributed by atoms with van der Waals surface area (Å²) in [5.74, 6) is 1.64. The van der Waals surface area contributed by atoms with E-state index in [1.54, 1.807) is 17.5 Å². The third-order valence-corrected chi connectivity index (χ3v) is 5.78. The largest absolute Gasteiger partial charge is 0.356 e. The molecule has 0 N–H and O–H groups in total. The summed E-state index contributed by atoms with van der Waals surface area (Å²) in [5.41, 5.74) is 0.988. The number of hydrogen-bond acceptors (Lipinski definition) is 5. The van der Waals surface area contributed by atoms with Gasteiger partial charge in [-0.1, -0.05) is 19.9 Å². The lowest BCUT2D eigenvalue weighted by molar-refractivity contribution is -0.135. The van der Waals surface area contributed by atoms with Crippen molar-refractivity contribution >= 4 is 23.1 Å². The van der Waals surface area contributed by atoms with Crippen molar-refractivity contribution in [3.05, 3.63) is 40.5 Å². The van der Waals surface area contributed by atoms with Crippen molar-refractivity contribution in [3.63, 3.8) is 0 Å². The van der Waals surface area contributed by atoms with Crippen molar-refractivity contribution in [2.75, 3.05) is 25.0 Å². The van der Waals surface area contributed by atoms with E-state index >= 15 is 0 Å². The Hall–Kier alpha value is -1.95. The Morgan fingerprint density at radius 1 is 1.44 bits per heavy atom. The molecule has 0 radical (unpaired) electrons. The average Bonchev–Trinajstić information content (AvgIpc) is 3.11. The predicted molar refractivity (Wildman–Crippen MR) is 102 cm³/mol. The van der Waals surface area contributed by atoms with Gasteiger partial charge in [-0.2, -0.15) is 0 Å². The second-order valence-corrected chi connectivity index (χ2v) is 7.89. The van der Waals surface area contributed by atoms with Crippen LogP contribution in [0.1, 0.15) is 43.3 Å². The summed E-state index contributed by atoms with van der Waals surface area (Å²) in [6, 6.07) is 5.93. The highest BCUT2D eigenvalue weighted by atomic mass is 32.1. The fraction of sp³-hybridized carbons (Fsp3) is 0.526. The SMILES string of the molecule is CC(C)c1nc(CN(C)C(=O)C2CCCN(c3ccccn3)C2)cs1. The van der Waals surface area contributed by atoms with Gasteiger partial charge in [0, 0.05) is 37.6 Å². The second-order valence-electron chi connectivity index (χ2n) is 7.00. The van der Waals surface area contributed by atoms with Gasteiger partial charge in [-0.25, -0.2) is 9.97 Å². The van der Waals surface area contributed by atoms with Crippen molar-refractivity contribution in [2.24, 2.45) is 5.92 Å². The van der Waals surface area contributed by atoms with Crippen LogP contribution in [0.15, 0.2) is 29.8 Å². The molecule has 2 aromatic heterocycles. The Labute approximate surface area is 153 Å². The first-order valence-electron chi connectivity index (χ1n) is 8.90. The molecule has 1 amide bonds. The van der Waals surface area contributed by atoms with Gasteiger partial charge >= 0.3 is 0 Å². The number of aromatic nitrogens is 2. The number of carbonyl (C=O) groups is 1. The fourth-order valence-electron chi connectivity index (χ4n) is 3.22. The lowest BCUT2D eigenvalue weighted by Gasteiger charge is -2.34. The van der Waals surface area contributed by atoms with Crippen LogP contribution in [-0.2, 0) is 11.3 Å². The highest BCUT2D eigenvalue weighted by Gasteiger charge is 2.28. The van der Waals surface area contributed by atoms with E-state index in [2.05, 4.69) is 34.1 Å². The van der Waals surface area contributed by atoms with Gasteiger partial charge in [0.25, 0.3) is 0 Å². The summed E-state index contributed by atoms with van der Waals surface area (Å²) in [7, 11) is 1.89. The molecule has 3 rings (SSSR count). The van der Waals surface area contributed by atoms with E-state index < -0.39 is 0 Å². The number of rotatable bonds is 5. The zero-order chi connectivity index (χ0) is 17.8. The number of thiazole rings is 1. The standard InChI is InChI=1S/C19H26N4OS/c1-14(2)18-21-16(13-25-18)12-22(3)19(24)15-7-6-10-23(11-15)17-8-4-5-9-20-17/h4-5,8-9,13-15H,6-7,10-12H2,1-3H3. The van der Waals surface area contributed by atoms with E-state index in [-0.39, 0.29) is 11.8 Å². The highest BCUT2D eigenvalue weighted by molar-refractivity contribution is 7.09. The van der Waals surface area contributed by atoms with Gasteiger partial charge in [0.05, 0.1) is 23.2 Å². The minimum atomic E-state index is 0.0314. The van der Waals surface area contributed by atoms with Crippen LogP contribution in [0.2, 0.25) is 0 Å². The van der Waals surface area contributed by atoms with Crippen LogP contribution in [0, 0.1) is 5.92 Å². The molecule has 1 aliphatic rings. The summed E-state index contributed by atoms with van der Waals surface area (Å²) < 4.78 is 0.